The maximum atomic E-state index is 12.2. The van der Waals surface area contributed by atoms with E-state index in [4.69, 9.17) is 5.73 Å². The van der Waals surface area contributed by atoms with Crippen LogP contribution in [-0.4, -0.2) is 18.4 Å². The van der Waals surface area contributed by atoms with Gasteiger partial charge in [-0.1, -0.05) is 18.2 Å². The van der Waals surface area contributed by atoms with Gasteiger partial charge < -0.3 is 16.0 Å². The van der Waals surface area contributed by atoms with Gasteiger partial charge in [-0.15, -0.1) is 12.4 Å². The average molecular weight is 360 g/mol. The summed E-state index contributed by atoms with van der Waals surface area (Å²) in [5.74, 6) is 0.0495. The van der Waals surface area contributed by atoms with Crippen molar-refractivity contribution in [2.75, 3.05) is 22.5 Å². The number of hydrogen-bond acceptors (Lipinski definition) is 3. The molecule has 0 aromatic heterocycles. The predicted octanol–water partition coefficient (Wildman–Crippen LogP) is 3.39. The number of nitrogens with one attached hydrogen (secondary N) is 1. The number of piperidine rings is 1. The predicted molar refractivity (Wildman–Crippen MR) is 103 cm³/mol. The van der Waals surface area contributed by atoms with E-state index in [9.17, 15) is 9.59 Å². The Morgan fingerprint density at radius 3 is 2.60 bits per heavy atom. The molecular weight excluding hydrogens is 338 g/mol. The van der Waals surface area contributed by atoms with Crippen LogP contribution in [0.3, 0.4) is 0 Å². The molecule has 0 aliphatic carbocycles. The normalized spacial score (nSPS) is 13.9. The lowest BCUT2D eigenvalue weighted by atomic mass is 10.1. The second kappa shape index (κ2) is 8.53. The highest BCUT2D eigenvalue weighted by Gasteiger charge is 2.19. The van der Waals surface area contributed by atoms with Gasteiger partial charge in [0.2, 0.25) is 11.8 Å². The van der Waals surface area contributed by atoms with Gasteiger partial charge in [-0.25, -0.2) is 0 Å². The average Bonchev–Trinajstić information content (AvgIpc) is 2.57. The molecule has 2 aromatic carbocycles. The standard InChI is InChI=1S/C19H21N3O2.ClH/c20-15-9-7-14(8-10-15)12-18(23)21-16-4-3-5-17(13-16)22-11-2-1-6-19(22)24;/h3-5,7-10,13H,1-2,6,11-12,20H2,(H,21,23);1H. The zero-order chi connectivity index (χ0) is 16.9. The molecule has 1 aliphatic rings. The van der Waals surface area contributed by atoms with Crippen molar-refractivity contribution in [1.29, 1.82) is 0 Å². The molecular formula is C19H22ClN3O2. The molecule has 3 rings (SSSR count). The fraction of sp³-hybridized carbons (Fsp3) is 0.263. The van der Waals surface area contributed by atoms with Gasteiger partial charge in [-0.05, 0) is 48.7 Å². The van der Waals surface area contributed by atoms with Crippen LogP contribution in [0.4, 0.5) is 17.1 Å². The summed E-state index contributed by atoms with van der Waals surface area (Å²) in [6, 6.07) is 14.7. The van der Waals surface area contributed by atoms with Crippen LogP contribution >= 0.6 is 12.4 Å². The molecule has 132 valence electrons. The molecule has 2 aromatic rings. The number of nitrogen functional groups attached to an aromatic ring is 1. The van der Waals surface area contributed by atoms with E-state index in [-0.39, 0.29) is 30.6 Å². The van der Waals surface area contributed by atoms with E-state index in [1.807, 2.05) is 36.4 Å². The van der Waals surface area contributed by atoms with Crippen LogP contribution in [-0.2, 0) is 16.0 Å². The number of anilines is 3. The first-order valence-electron chi connectivity index (χ1n) is 8.16. The minimum absolute atomic E-state index is 0. The molecule has 1 fully saturated rings. The smallest absolute Gasteiger partial charge is 0.228 e. The Labute approximate surface area is 153 Å². The first-order valence-corrected chi connectivity index (χ1v) is 8.16. The number of nitrogens with two attached hydrogens (primary N) is 1. The second-order valence-corrected chi connectivity index (χ2v) is 6.02. The minimum Gasteiger partial charge on any atom is -0.399 e. The molecule has 0 unspecified atom stereocenters. The third-order valence-corrected chi connectivity index (χ3v) is 4.11. The van der Waals surface area contributed by atoms with Crippen molar-refractivity contribution in [2.24, 2.45) is 0 Å². The van der Waals surface area contributed by atoms with Crippen molar-refractivity contribution in [3.05, 3.63) is 54.1 Å². The lowest BCUT2D eigenvalue weighted by molar-refractivity contribution is -0.119. The number of nitrogens with zero attached hydrogens (tertiary/aromatic N) is 1. The van der Waals surface area contributed by atoms with Gasteiger partial charge >= 0.3 is 0 Å². The van der Waals surface area contributed by atoms with Crippen molar-refractivity contribution in [3.8, 4) is 0 Å². The summed E-state index contributed by atoms with van der Waals surface area (Å²) in [5.41, 5.74) is 8.77. The van der Waals surface area contributed by atoms with Gasteiger partial charge in [0.1, 0.15) is 0 Å². The largest absolute Gasteiger partial charge is 0.399 e. The summed E-state index contributed by atoms with van der Waals surface area (Å²) in [7, 11) is 0. The number of hydrogen-bond donors (Lipinski definition) is 2. The number of rotatable bonds is 4. The third-order valence-electron chi connectivity index (χ3n) is 4.11. The summed E-state index contributed by atoms with van der Waals surface area (Å²) in [6.07, 6.45) is 2.84. The Morgan fingerprint density at radius 1 is 1.12 bits per heavy atom. The van der Waals surface area contributed by atoms with E-state index in [0.717, 1.165) is 30.6 Å². The molecule has 1 heterocycles. The maximum absolute atomic E-state index is 12.2. The monoisotopic (exact) mass is 359 g/mol. The summed E-state index contributed by atoms with van der Waals surface area (Å²) in [6.45, 7) is 0.738. The van der Waals surface area contributed by atoms with E-state index in [1.54, 1.807) is 17.0 Å². The molecule has 6 heteroatoms. The molecule has 0 atom stereocenters. The molecule has 1 aliphatic heterocycles. The molecule has 3 N–H and O–H groups in total. The Hall–Kier alpha value is -2.53. The molecule has 0 bridgehead atoms. The van der Waals surface area contributed by atoms with Crippen molar-refractivity contribution in [3.63, 3.8) is 0 Å². The van der Waals surface area contributed by atoms with Crippen molar-refractivity contribution in [1.82, 2.24) is 0 Å². The summed E-state index contributed by atoms with van der Waals surface area (Å²) in [4.78, 5) is 26.0. The SMILES string of the molecule is Cl.Nc1ccc(CC(=O)Nc2cccc(N3CCCCC3=O)c2)cc1. The first kappa shape index (κ1) is 18.8. The van der Waals surface area contributed by atoms with Crippen LogP contribution < -0.4 is 16.0 Å². The van der Waals surface area contributed by atoms with E-state index >= 15 is 0 Å². The molecule has 0 spiro atoms. The molecule has 0 radical (unpaired) electrons. The number of benzene rings is 2. The van der Waals surface area contributed by atoms with E-state index in [1.165, 1.54) is 0 Å². The number of halogens is 1. The maximum Gasteiger partial charge on any atom is 0.228 e. The number of carbonyl (C=O) groups excluding carboxylic acids is 2. The van der Waals surface area contributed by atoms with Crippen LogP contribution in [0.25, 0.3) is 0 Å². The summed E-state index contributed by atoms with van der Waals surface area (Å²) < 4.78 is 0. The molecule has 2 amide bonds. The Balaban J connectivity index is 0.00000225. The minimum atomic E-state index is -0.0955. The highest BCUT2D eigenvalue weighted by atomic mass is 35.5. The van der Waals surface area contributed by atoms with Gasteiger partial charge in [-0.3, -0.25) is 9.59 Å². The Bertz CT molecular complexity index is 747. The van der Waals surface area contributed by atoms with Crippen LogP contribution in [0.5, 0.6) is 0 Å². The highest BCUT2D eigenvalue weighted by Crippen LogP contribution is 2.24. The lowest BCUT2D eigenvalue weighted by Crippen LogP contribution is -2.35. The molecule has 1 saturated heterocycles. The zero-order valence-corrected chi connectivity index (χ0v) is 14.7. The zero-order valence-electron chi connectivity index (χ0n) is 13.9. The van der Waals surface area contributed by atoms with Gasteiger partial charge in [0.05, 0.1) is 6.42 Å². The first-order chi connectivity index (χ1) is 11.6. The fourth-order valence-electron chi connectivity index (χ4n) is 2.86. The molecule has 5 nitrogen and oxygen atoms in total. The van der Waals surface area contributed by atoms with Crippen LogP contribution in [0.15, 0.2) is 48.5 Å². The quantitative estimate of drug-likeness (QED) is 0.821. The number of amides is 2. The molecule has 0 saturated carbocycles. The highest BCUT2D eigenvalue weighted by molar-refractivity contribution is 5.96. The lowest BCUT2D eigenvalue weighted by Gasteiger charge is -2.27. The van der Waals surface area contributed by atoms with Crippen molar-refractivity contribution in [2.45, 2.75) is 25.7 Å². The van der Waals surface area contributed by atoms with Crippen molar-refractivity contribution < 1.29 is 9.59 Å². The van der Waals surface area contributed by atoms with E-state index in [2.05, 4.69) is 5.32 Å². The molecule has 25 heavy (non-hydrogen) atoms. The van der Waals surface area contributed by atoms with E-state index in [0.29, 0.717) is 17.8 Å². The number of carbonyl (C=O) groups is 2. The fourth-order valence-corrected chi connectivity index (χ4v) is 2.86. The Morgan fingerprint density at radius 2 is 1.88 bits per heavy atom. The van der Waals surface area contributed by atoms with Gasteiger partial charge in [0.15, 0.2) is 0 Å². The van der Waals surface area contributed by atoms with Crippen molar-refractivity contribution >= 4 is 41.3 Å². The van der Waals surface area contributed by atoms with Gasteiger partial charge in [0.25, 0.3) is 0 Å². The van der Waals surface area contributed by atoms with Gasteiger partial charge in [-0.2, -0.15) is 0 Å². The topological polar surface area (TPSA) is 75.4 Å². The van der Waals surface area contributed by atoms with E-state index < -0.39 is 0 Å². The summed E-state index contributed by atoms with van der Waals surface area (Å²) in [5, 5.41) is 2.89. The van der Waals surface area contributed by atoms with Crippen LogP contribution in [0, 0.1) is 0 Å². The third kappa shape index (κ3) is 4.97. The Kier molecular flexibility index (Phi) is 6.42. The summed E-state index contributed by atoms with van der Waals surface area (Å²) >= 11 is 0. The van der Waals surface area contributed by atoms with Crippen LogP contribution in [0.1, 0.15) is 24.8 Å². The van der Waals surface area contributed by atoms with Gasteiger partial charge in [0, 0.05) is 30.0 Å². The second-order valence-electron chi connectivity index (χ2n) is 6.02. The van der Waals surface area contributed by atoms with Crippen LogP contribution in [0.2, 0.25) is 0 Å².